The molecule has 2 aliphatic heterocycles. The number of fused-ring (bicyclic) bond motifs is 2. The van der Waals surface area contributed by atoms with Gasteiger partial charge in [0.25, 0.3) is 0 Å². The molecule has 15 heteroatoms. The summed E-state index contributed by atoms with van der Waals surface area (Å²) in [6.45, 7) is 12.7. The summed E-state index contributed by atoms with van der Waals surface area (Å²) in [5.74, 6) is -0.374. The van der Waals surface area contributed by atoms with E-state index in [1.165, 1.54) is 17.3 Å². The van der Waals surface area contributed by atoms with Crippen LogP contribution in [0.5, 0.6) is 5.88 Å². The van der Waals surface area contributed by atoms with Gasteiger partial charge in [0.15, 0.2) is 5.82 Å². The van der Waals surface area contributed by atoms with Crippen LogP contribution in [-0.2, 0) is 18.9 Å². The van der Waals surface area contributed by atoms with Crippen molar-refractivity contribution in [1.29, 1.82) is 0 Å². The Hall–Kier alpha value is -4.76. The molecule has 1 aromatic carbocycles. The lowest BCUT2D eigenvalue weighted by Gasteiger charge is -2.43. The van der Waals surface area contributed by atoms with Crippen LogP contribution in [0.15, 0.2) is 24.5 Å². The molecule has 274 valence electrons. The van der Waals surface area contributed by atoms with Crippen LogP contribution in [0.3, 0.4) is 0 Å². The zero-order valence-corrected chi connectivity index (χ0v) is 29.7. The molecule has 2 aromatic heterocycles. The van der Waals surface area contributed by atoms with Gasteiger partial charge in [0.05, 0.1) is 32.1 Å². The van der Waals surface area contributed by atoms with Crippen molar-refractivity contribution in [2.75, 3.05) is 61.6 Å². The van der Waals surface area contributed by atoms with Gasteiger partial charge in [-0.05, 0) is 57.2 Å². The third-order valence-electron chi connectivity index (χ3n) is 9.05. The van der Waals surface area contributed by atoms with Gasteiger partial charge in [-0.2, -0.15) is 0 Å². The Morgan fingerprint density at radius 3 is 2.49 bits per heavy atom. The number of nitrogens with one attached hydrogen (secondary N) is 2. The normalized spacial score (nSPS) is 19.0. The molecule has 3 amide bonds. The summed E-state index contributed by atoms with van der Waals surface area (Å²) in [6, 6.07) is 3.51. The van der Waals surface area contributed by atoms with Crippen LogP contribution in [0.2, 0.25) is 0 Å². The van der Waals surface area contributed by atoms with Gasteiger partial charge in [-0.1, -0.05) is 13.3 Å². The molecule has 4 heterocycles. The minimum Gasteiger partial charge on any atom is -0.474 e. The number of ether oxygens (including phenoxy) is 5. The van der Waals surface area contributed by atoms with E-state index in [4.69, 9.17) is 23.7 Å². The number of unbranched alkanes of at least 4 members (excludes halogenated alkanes) is 1. The van der Waals surface area contributed by atoms with E-state index in [1.54, 1.807) is 39.8 Å². The van der Waals surface area contributed by atoms with E-state index in [1.807, 2.05) is 6.92 Å². The fourth-order valence-electron chi connectivity index (χ4n) is 6.40. The van der Waals surface area contributed by atoms with Gasteiger partial charge in [0.1, 0.15) is 29.8 Å². The standard InChI is InChI=1S/C36H45FN6O8/c1-6-7-11-49-35(46)43-10-14-48-32-31(43)21(2)26(19-39-32)25-15-22-16-28(38-20-27(22)30(29(25)37)41-34(45)51-36(3,4)5)40-33(44)50-24-17-23(18-24)42-8-12-47-13-9-42/h15-16,19-20,23-24H,6-14,17-18H2,1-5H3,(H,41,45)(H,38,40,44). The van der Waals surface area contributed by atoms with Crippen molar-refractivity contribution < 1.29 is 42.5 Å². The maximum atomic E-state index is 16.7. The minimum atomic E-state index is -0.865. The Balaban J connectivity index is 1.30. The number of hydrogen-bond donors (Lipinski definition) is 2. The van der Waals surface area contributed by atoms with Gasteiger partial charge in [0, 0.05) is 60.9 Å². The van der Waals surface area contributed by atoms with Crippen molar-refractivity contribution in [3.05, 3.63) is 35.9 Å². The van der Waals surface area contributed by atoms with Crippen molar-refractivity contribution in [3.63, 3.8) is 0 Å². The molecule has 2 fully saturated rings. The molecule has 0 spiro atoms. The van der Waals surface area contributed by atoms with E-state index in [2.05, 4.69) is 25.5 Å². The van der Waals surface area contributed by atoms with E-state index in [9.17, 15) is 14.4 Å². The van der Waals surface area contributed by atoms with E-state index in [-0.39, 0.29) is 54.2 Å². The van der Waals surface area contributed by atoms with Gasteiger partial charge >= 0.3 is 18.3 Å². The largest absolute Gasteiger partial charge is 0.474 e. The van der Waals surface area contributed by atoms with Crippen LogP contribution in [0.1, 0.15) is 58.9 Å². The number of carbonyl (C=O) groups excluding carboxylic acids is 3. The summed E-state index contributed by atoms with van der Waals surface area (Å²) >= 11 is 0. The summed E-state index contributed by atoms with van der Waals surface area (Å²) in [4.78, 5) is 51.5. The maximum Gasteiger partial charge on any atom is 0.414 e. The highest BCUT2D eigenvalue weighted by molar-refractivity contribution is 6.05. The predicted molar refractivity (Wildman–Crippen MR) is 188 cm³/mol. The Bertz CT molecular complexity index is 1790. The molecular formula is C36H45FN6O8. The number of carbonyl (C=O) groups is 3. The van der Waals surface area contributed by atoms with Crippen molar-refractivity contribution in [1.82, 2.24) is 14.9 Å². The molecule has 1 aliphatic carbocycles. The van der Waals surface area contributed by atoms with Crippen molar-refractivity contribution >= 4 is 46.2 Å². The SMILES string of the molecule is CCCCOC(=O)N1CCOc2ncc(-c3cc4cc(NC(=O)OC5CC(N6CCOCC6)C5)ncc4c(NC(=O)OC(C)(C)C)c3F)c(C)c21. The highest BCUT2D eigenvalue weighted by atomic mass is 19.1. The molecule has 1 saturated heterocycles. The van der Waals surface area contributed by atoms with Crippen LogP contribution < -0.4 is 20.3 Å². The van der Waals surface area contributed by atoms with Crippen LogP contribution in [0.25, 0.3) is 21.9 Å². The van der Waals surface area contributed by atoms with Crippen LogP contribution in [0, 0.1) is 12.7 Å². The van der Waals surface area contributed by atoms with Crippen molar-refractivity contribution in [2.45, 2.75) is 78.0 Å². The number of pyridine rings is 2. The maximum absolute atomic E-state index is 16.7. The number of morpholine rings is 1. The molecule has 0 bridgehead atoms. The molecule has 0 atom stereocenters. The number of anilines is 3. The lowest BCUT2D eigenvalue weighted by atomic mass is 9.87. The predicted octanol–water partition coefficient (Wildman–Crippen LogP) is 6.64. The molecule has 2 N–H and O–H groups in total. The Morgan fingerprint density at radius 1 is 1.00 bits per heavy atom. The fraction of sp³-hybridized carbons (Fsp3) is 0.528. The first kappa shape index (κ1) is 36.0. The molecule has 3 aromatic rings. The molecule has 0 unspecified atom stereocenters. The topological polar surface area (TPSA) is 154 Å². The molecule has 6 rings (SSSR count). The Morgan fingerprint density at radius 2 is 1.76 bits per heavy atom. The lowest BCUT2D eigenvalue weighted by molar-refractivity contribution is -0.0477. The van der Waals surface area contributed by atoms with E-state index >= 15 is 4.39 Å². The number of rotatable bonds is 8. The first-order chi connectivity index (χ1) is 24.4. The average molecular weight is 709 g/mol. The second kappa shape index (κ2) is 15.2. The van der Waals surface area contributed by atoms with Gasteiger partial charge in [-0.25, -0.2) is 28.7 Å². The smallest absolute Gasteiger partial charge is 0.414 e. The highest BCUT2D eigenvalue weighted by Crippen LogP contribution is 2.42. The molecule has 3 aliphatic rings. The van der Waals surface area contributed by atoms with Crippen molar-refractivity contribution in [2.24, 2.45) is 0 Å². The van der Waals surface area contributed by atoms with Gasteiger partial charge < -0.3 is 23.7 Å². The van der Waals surface area contributed by atoms with Crippen LogP contribution in [0.4, 0.5) is 36.0 Å². The number of aromatic nitrogens is 2. The zero-order valence-electron chi connectivity index (χ0n) is 29.7. The van der Waals surface area contributed by atoms with Gasteiger partial charge in [-0.15, -0.1) is 0 Å². The number of halogens is 1. The van der Waals surface area contributed by atoms with Crippen molar-refractivity contribution in [3.8, 4) is 17.0 Å². The highest BCUT2D eigenvalue weighted by Gasteiger charge is 2.37. The first-order valence-corrected chi connectivity index (χ1v) is 17.4. The quantitative estimate of drug-likeness (QED) is 0.191. The summed E-state index contributed by atoms with van der Waals surface area (Å²) in [7, 11) is 0. The summed E-state index contributed by atoms with van der Waals surface area (Å²) in [5, 5.41) is 5.96. The monoisotopic (exact) mass is 708 g/mol. The molecular weight excluding hydrogens is 663 g/mol. The molecule has 1 saturated carbocycles. The molecule has 51 heavy (non-hydrogen) atoms. The minimum absolute atomic E-state index is 0.0783. The number of benzene rings is 1. The molecule has 14 nitrogen and oxygen atoms in total. The van der Waals surface area contributed by atoms with Crippen LogP contribution in [-0.4, -0.2) is 97.0 Å². The Labute approximate surface area is 295 Å². The lowest BCUT2D eigenvalue weighted by Crippen LogP contribution is -2.52. The summed E-state index contributed by atoms with van der Waals surface area (Å²) in [5.41, 5.74) is 0.290. The number of hydrogen-bond acceptors (Lipinski definition) is 11. The van der Waals surface area contributed by atoms with Gasteiger partial charge in [0.2, 0.25) is 5.88 Å². The van der Waals surface area contributed by atoms with Crippen LogP contribution >= 0.6 is 0 Å². The molecule has 0 radical (unpaired) electrons. The third-order valence-corrected chi connectivity index (χ3v) is 9.05. The number of amides is 3. The zero-order chi connectivity index (χ0) is 36.3. The fourth-order valence-corrected chi connectivity index (χ4v) is 6.40. The van der Waals surface area contributed by atoms with E-state index in [0.29, 0.717) is 41.5 Å². The van der Waals surface area contributed by atoms with E-state index in [0.717, 1.165) is 38.8 Å². The first-order valence-electron chi connectivity index (χ1n) is 17.4. The van der Waals surface area contributed by atoms with Gasteiger partial charge in [-0.3, -0.25) is 20.4 Å². The average Bonchev–Trinajstić information content (AvgIpc) is 3.07. The number of nitrogens with zero attached hydrogens (tertiary/aromatic N) is 4. The second-order valence-corrected chi connectivity index (χ2v) is 13.9. The summed E-state index contributed by atoms with van der Waals surface area (Å²) < 4.78 is 44.4. The summed E-state index contributed by atoms with van der Waals surface area (Å²) in [6.07, 6.45) is 3.62. The third kappa shape index (κ3) is 8.25. The van der Waals surface area contributed by atoms with E-state index < -0.39 is 29.7 Å². The Kier molecular flexibility index (Phi) is 10.8. The second-order valence-electron chi connectivity index (χ2n) is 13.9.